The summed E-state index contributed by atoms with van der Waals surface area (Å²) in [6.45, 7) is 3.80. The highest BCUT2D eigenvalue weighted by Gasteiger charge is 2.01. The molecule has 0 bridgehead atoms. The molecule has 2 rings (SSSR count). The van der Waals surface area contributed by atoms with E-state index < -0.39 is 0 Å². The molecule has 0 spiro atoms. The highest BCUT2D eigenvalue weighted by molar-refractivity contribution is 7.16. The lowest BCUT2D eigenvalue weighted by atomic mass is 10.1. The normalized spacial score (nSPS) is 10.4. The van der Waals surface area contributed by atoms with E-state index in [0.717, 1.165) is 35.0 Å². The van der Waals surface area contributed by atoms with Crippen LogP contribution in [0, 0.1) is 18.3 Å². The second-order valence-corrected chi connectivity index (χ2v) is 6.19. The Morgan fingerprint density at radius 3 is 2.79 bits per heavy atom. The number of aryl methyl sites for hydroxylation is 1. The van der Waals surface area contributed by atoms with Crippen molar-refractivity contribution in [2.45, 2.75) is 19.9 Å². The number of halogens is 1. The zero-order valence-electron chi connectivity index (χ0n) is 10.7. The van der Waals surface area contributed by atoms with E-state index in [4.69, 9.17) is 16.9 Å². The average molecular weight is 291 g/mol. The third kappa shape index (κ3) is 4.07. The lowest BCUT2D eigenvalue weighted by Crippen LogP contribution is -2.16. The van der Waals surface area contributed by atoms with Crippen LogP contribution in [0.1, 0.15) is 21.6 Å². The number of hydrogen-bond acceptors (Lipinski definition) is 3. The molecule has 98 valence electrons. The Hall–Kier alpha value is -1.34. The van der Waals surface area contributed by atoms with Crippen molar-refractivity contribution in [2.24, 2.45) is 0 Å². The molecule has 0 unspecified atom stereocenters. The first-order valence-electron chi connectivity index (χ1n) is 6.13. The lowest BCUT2D eigenvalue weighted by Gasteiger charge is -2.07. The monoisotopic (exact) mass is 290 g/mol. The predicted octanol–water partition coefficient (Wildman–Crippen LogP) is 3.91. The van der Waals surface area contributed by atoms with E-state index in [1.807, 2.05) is 31.2 Å². The van der Waals surface area contributed by atoms with Crippen LogP contribution >= 0.6 is 22.9 Å². The largest absolute Gasteiger partial charge is 0.312 e. The lowest BCUT2D eigenvalue weighted by molar-refractivity contribution is 0.688. The van der Waals surface area contributed by atoms with E-state index in [0.29, 0.717) is 0 Å². The van der Waals surface area contributed by atoms with E-state index in [1.165, 1.54) is 10.4 Å². The minimum Gasteiger partial charge on any atom is -0.312 e. The molecule has 2 nitrogen and oxygen atoms in total. The molecule has 0 saturated heterocycles. The van der Waals surface area contributed by atoms with Gasteiger partial charge in [-0.15, -0.1) is 11.3 Å². The van der Waals surface area contributed by atoms with Gasteiger partial charge in [0.15, 0.2) is 0 Å². The van der Waals surface area contributed by atoms with Gasteiger partial charge in [0.25, 0.3) is 0 Å². The highest BCUT2D eigenvalue weighted by Crippen LogP contribution is 2.21. The maximum absolute atomic E-state index is 8.82. The van der Waals surface area contributed by atoms with Gasteiger partial charge in [-0.1, -0.05) is 17.7 Å². The third-order valence-corrected chi connectivity index (χ3v) is 4.26. The fourth-order valence-electron chi connectivity index (χ4n) is 1.88. The summed E-state index contributed by atoms with van der Waals surface area (Å²) >= 11 is 7.52. The minimum absolute atomic E-state index is 0.717. The molecular weight excluding hydrogens is 276 g/mol. The summed E-state index contributed by atoms with van der Waals surface area (Å²) < 4.78 is 0.845. The van der Waals surface area contributed by atoms with Crippen LogP contribution in [-0.4, -0.2) is 6.54 Å². The number of hydrogen-bond donors (Lipinski definition) is 1. The molecule has 0 aliphatic rings. The summed E-state index contributed by atoms with van der Waals surface area (Å²) in [7, 11) is 0. The molecular formula is C15H15ClN2S. The Bertz CT molecular complexity index is 598. The molecule has 4 heteroatoms. The van der Waals surface area contributed by atoms with Crippen molar-refractivity contribution in [1.82, 2.24) is 5.32 Å². The molecule has 0 radical (unpaired) electrons. The molecule has 19 heavy (non-hydrogen) atoms. The summed E-state index contributed by atoms with van der Waals surface area (Å²) in [5.41, 5.74) is 3.11. The van der Waals surface area contributed by atoms with Crippen LogP contribution in [-0.2, 0) is 13.0 Å². The van der Waals surface area contributed by atoms with Gasteiger partial charge < -0.3 is 5.32 Å². The van der Waals surface area contributed by atoms with Crippen molar-refractivity contribution in [3.8, 4) is 6.07 Å². The first kappa shape index (κ1) is 14.1. The molecule has 1 aromatic carbocycles. The van der Waals surface area contributed by atoms with Crippen LogP contribution in [0.5, 0.6) is 0 Å². The first-order chi connectivity index (χ1) is 9.19. The zero-order chi connectivity index (χ0) is 13.7. The van der Waals surface area contributed by atoms with Crippen LogP contribution in [0.25, 0.3) is 0 Å². The van der Waals surface area contributed by atoms with Crippen molar-refractivity contribution in [3.63, 3.8) is 0 Å². The molecule has 0 saturated carbocycles. The fraction of sp³-hybridized carbons (Fsp3) is 0.267. The summed E-state index contributed by atoms with van der Waals surface area (Å²) in [6.07, 6.45) is 0.993. The van der Waals surface area contributed by atoms with Crippen molar-refractivity contribution in [1.29, 1.82) is 5.26 Å². The standard InChI is InChI=1S/C15H15ClN2S/c1-11-8-12(9-17)2-3-13(11)10-18-7-6-14-4-5-15(16)19-14/h2-5,8,18H,6-7,10H2,1H3. The number of nitriles is 1. The topological polar surface area (TPSA) is 35.8 Å². The zero-order valence-corrected chi connectivity index (χ0v) is 12.3. The second-order valence-electron chi connectivity index (χ2n) is 4.39. The Morgan fingerprint density at radius 1 is 1.32 bits per heavy atom. The molecule has 0 atom stereocenters. The summed E-state index contributed by atoms with van der Waals surface area (Å²) in [5, 5.41) is 12.2. The van der Waals surface area contributed by atoms with Crippen molar-refractivity contribution >= 4 is 22.9 Å². The van der Waals surface area contributed by atoms with Crippen LogP contribution in [0.15, 0.2) is 30.3 Å². The van der Waals surface area contributed by atoms with Crippen LogP contribution in [0.3, 0.4) is 0 Å². The van der Waals surface area contributed by atoms with Crippen molar-refractivity contribution in [2.75, 3.05) is 6.54 Å². The first-order valence-corrected chi connectivity index (χ1v) is 7.33. The van der Waals surface area contributed by atoms with Crippen molar-refractivity contribution in [3.05, 3.63) is 56.2 Å². The van der Waals surface area contributed by atoms with E-state index in [-0.39, 0.29) is 0 Å². The molecule has 0 aliphatic carbocycles. The smallest absolute Gasteiger partial charge is 0.0991 e. The van der Waals surface area contributed by atoms with Gasteiger partial charge in [-0.3, -0.25) is 0 Å². The van der Waals surface area contributed by atoms with Crippen LogP contribution < -0.4 is 5.32 Å². The average Bonchev–Trinajstić information content (AvgIpc) is 2.82. The van der Waals surface area contributed by atoms with E-state index in [1.54, 1.807) is 11.3 Å². The summed E-state index contributed by atoms with van der Waals surface area (Å²) in [6, 6.07) is 12.0. The van der Waals surface area contributed by atoms with Gasteiger partial charge in [0.1, 0.15) is 0 Å². The van der Waals surface area contributed by atoms with Gasteiger partial charge >= 0.3 is 0 Å². The van der Waals surface area contributed by atoms with Gasteiger partial charge in [0, 0.05) is 18.0 Å². The number of nitrogens with zero attached hydrogens (tertiary/aromatic N) is 1. The third-order valence-electron chi connectivity index (χ3n) is 2.96. The van der Waals surface area contributed by atoms with Crippen LogP contribution in [0.2, 0.25) is 4.34 Å². The minimum atomic E-state index is 0.717. The van der Waals surface area contributed by atoms with Crippen molar-refractivity contribution < 1.29 is 0 Å². The highest BCUT2D eigenvalue weighted by atomic mass is 35.5. The van der Waals surface area contributed by atoms with Gasteiger partial charge in [-0.25, -0.2) is 0 Å². The second kappa shape index (κ2) is 6.72. The molecule has 2 aromatic rings. The number of benzene rings is 1. The Morgan fingerprint density at radius 2 is 2.16 bits per heavy atom. The quantitative estimate of drug-likeness (QED) is 0.847. The Balaban J connectivity index is 1.81. The van der Waals surface area contributed by atoms with Gasteiger partial charge in [0.2, 0.25) is 0 Å². The van der Waals surface area contributed by atoms with E-state index in [9.17, 15) is 0 Å². The molecule has 1 heterocycles. The molecule has 1 N–H and O–H groups in total. The number of rotatable bonds is 5. The SMILES string of the molecule is Cc1cc(C#N)ccc1CNCCc1ccc(Cl)s1. The number of nitrogens with one attached hydrogen (secondary N) is 1. The van der Waals surface area contributed by atoms with Gasteiger partial charge in [-0.05, 0) is 48.7 Å². The maximum Gasteiger partial charge on any atom is 0.0991 e. The maximum atomic E-state index is 8.82. The summed E-state index contributed by atoms with van der Waals surface area (Å²) in [5.74, 6) is 0. The predicted molar refractivity (Wildman–Crippen MR) is 80.6 cm³/mol. The van der Waals surface area contributed by atoms with Gasteiger partial charge in [-0.2, -0.15) is 5.26 Å². The molecule has 0 amide bonds. The van der Waals surface area contributed by atoms with Crippen LogP contribution in [0.4, 0.5) is 0 Å². The Kier molecular flexibility index (Phi) is 4.98. The number of thiophene rings is 1. The van der Waals surface area contributed by atoms with Gasteiger partial charge in [0.05, 0.1) is 16.0 Å². The molecule has 0 aliphatic heterocycles. The molecule has 0 fully saturated rings. The molecule has 1 aromatic heterocycles. The summed E-state index contributed by atoms with van der Waals surface area (Å²) in [4.78, 5) is 1.30. The van der Waals surface area contributed by atoms with E-state index in [2.05, 4.69) is 17.5 Å². The van der Waals surface area contributed by atoms with E-state index >= 15 is 0 Å². The Labute approximate surface area is 122 Å². The fourth-order valence-corrected chi connectivity index (χ4v) is 2.97.